The monoisotopic (exact) mass is 336 g/mol. The maximum absolute atomic E-state index is 12.3. The number of pyridine rings is 1. The van der Waals surface area contributed by atoms with Crippen LogP contribution in [0.2, 0.25) is 0 Å². The van der Waals surface area contributed by atoms with Gasteiger partial charge in [-0.1, -0.05) is 6.92 Å². The van der Waals surface area contributed by atoms with Gasteiger partial charge in [-0.3, -0.25) is 9.48 Å². The normalized spacial score (nSPS) is 10.6. The number of carbonyl (C=O) groups is 1. The highest BCUT2D eigenvalue weighted by Gasteiger charge is 2.15. The summed E-state index contributed by atoms with van der Waals surface area (Å²) in [4.78, 5) is 16.6. The van der Waals surface area contributed by atoms with Gasteiger partial charge >= 0.3 is 0 Å². The number of aromatic nitrogens is 3. The molecule has 0 aromatic carbocycles. The minimum absolute atomic E-state index is 0.183. The van der Waals surface area contributed by atoms with Gasteiger partial charge in [0.05, 0.1) is 5.69 Å². The van der Waals surface area contributed by atoms with Crippen LogP contribution in [0.5, 0.6) is 0 Å². The molecule has 106 valence electrons. The zero-order valence-electron chi connectivity index (χ0n) is 11.8. The summed E-state index contributed by atoms with van der Waals surface area (Å²) < 4.78 is 2.60. The zero-order valence-corrected chi connectivity index (χ0v) is 13.4. The number of hydrogen-bond acceptors (Lipinski definition) is 3. The molecule has 20 heavy (non-hydrogen) atoms. The lowest BCUT2D eigenvalue weighted by Crippen LogP contribution is -2.18. The number of hydrogen-bond donors (Lipinski definition) is 1. The first-order valence-corrected chi connectivity index (χ1v) is 7.34. The third kappa shape index (κ3) is 3.07. The summed E-state index contributed by atoms with van der Waals surface area (Å²) in [6.07, 6.45) is 2.47. The Kier molecular flexibility index (Phi) is 4.54. The van der Waals surface area contributed by atoms with Gasteiger partial charge in [-0.25, -0.2) is 4.98 Å². The molecule has 0 unspecified atom stereocenters. The lowest BCUT2D eigenvalue weighted by molar-refractivity contribution is 0.101. The van der Waals surface area contributed by atoms with E-state index in [0.717, 1.165) is 22.2 Å². The van der Waals surface area contributed by atoms with Crippen LogP contribution in [-0.2, 0) is 13.0 Å². The number of halogens is 1. The predicted molar refractivity (Wildman–Crippen MR) is 81.9 cm³/mol. The highest BCUT2D eigenvalue weighted by molar-refractivity contribution is 9.10. The van der Waals surface area contributed by atoms with E-state index < -0.39 is 0 Å². The quantitative estimate of drug-likeness (QED) is 0.932. The second-order valence-corrected chi connectivity index (χ2v) is 5.38. The minimum Gasteiger partial charge on any atom is -0.305 e. The maximum Gasteiger partial charge on any atom is 0.275 e. The van der Waals surface area contributed by atoms with Gasteiger partial charge in [0, 0.05) is 17.2 Å². The van der Waals surface area contributed by atoms with Crippen LogP contribution < -0.4 is 5.32 Å². The van der Waals surface area contributed by atoms with Crippen LogP contribution in [0.1, 0.15) is 35.6 Å². The molecule has 0 aliphatic rings. The molecule has 0 radical (unpaired) electrons. The molecule has 2 heterocycles. The van der Waals surface area contributed by atoms with E-state index in [-0.39, 0.29) is 5.91 Å². The lowest BCUT2D eigenvalue weighted by Gasteiger charge is -2.08. The van der Waals surface area contributed by atoms with Gasteiger partial charge in [-0.15, -0.1) is 0 Å². The largest absolute Gasteiger partial charge is 0.305 e. The van der Waals surface area contributed by atoms with Crippen molar-refractivity contribution in [3.8, 4) is 0 Å². The first kappa shape index (κ1) is 14.7. The van der Waals surface area contributed by atoms with E-state index in [0.29, 0.717) is 18.1 Å². The molecule has 0 atom stereocenters. The molecule has 5 nitrogen and oxygen atoms in total. The molecule has 0 aliphatic carbocycles. The summed E-state index contributed by atoms with van der Waals surface area (Å²) in [6.45, 7) is 6.55. The molecule has 0 saturated heterocycles. The molecule has 0 spiro atoms. The van der Waals surface area contributed by atoms with E-state index in [1.165, 1.54) is 0 Å². The summed E-state index contributed by atoms with van der Waals surface area (Å²) in [5, 5.41) is 7.21. The Morgan fingerprint density at radius 2 is 2.15 bits per heavy atom. The number of carbonyl (C=O) groups excluding carboxylic acids is 1. The summed E-state index contributed by atoms with van der Waals surface area (Å²) in [5.74, 6) is 0.386. The third-order valence-electron chi connectivity index (χ3n) is 3.00. The standard InChI is InChI=1S/C14H17BrN4O/c1-4-11-7-12(19(5-2)18-11)14(20)17-13-9(3)6-10(15)8-16-13/h6-8H,4-5H2,1-3H3,(H,16,17,20). The van der Waals surface area contributed by atoms with Gasteiger partial charge in [0.1, 0.15) is 11.5 Å². The van der Waals surface area contributed by atoms with Crippen molar-refractivity contribution in [2.45, 2.75) is 33.7 Å². The van der Waals surface area contributed by atoms with Crippen LogP contribution in [0.4, 0.5) is 5.82 Å². The Morgan fingerprint density at radius 1 is 1.40 bits per heavy atom. The van der Waals surface area contributed by atoms with Gasteiger partial charge in [0.2, 0.25) is 0 Å². The molecule has 0 fully saturated rings. The molecule has 1 amide bonds. The highest BCUT2D eigenvalue weighted by Crippen LogP contribution is 2.17. The van der Waals surface area contributed by atoms with Crippen molar-refractivity contribution >= 4 is 27.7 Å². The van der Waals surface area contributed by atoms with Crippen LogP contribution in [0.15, 0.2) is 22.8 Å². The van der Waals surface area contributed by atoms with Crippen LogP contribution in [0.3, 0.4) is 0 Å². The van der Waals surface area contributed by atoms with Crippen LogP contribution in [-0.4, -0.2) is 20.7 Å². The first-order chi connectivity index (χ1) is 9.55. The summed E-state index contributed by atoms with van der Waals surface area (Å²) in [7, 11) is 0. The minimum atomic E-state index is -0.183. The van der Waals surface area contributed by atoms with Crippen molar-refractivity contribution in [3.63, 3.8) is 0 Å². The van der Waals surface area contributed by atoms with Crippen molar-refractivity contribution in [3.05, 3.63) is 39.8 Å². The number of nitrogens with zero attached hydrogens (tertiary/aromatic N) is 3. The molecule has 2 aromatic rings. The molecule has 2 aromatic heterocycles. The van der Waals surface area contributed by atoms with Crippen molar-refractivity contribution < 1.29 is 4.79 Å². The zero-order chi connectivity index (χ0) is 14.7. The second kappa shape index (κ2) is 6.17. The van der Waals surface area contributed by atoms with Crippen LogP contribution in [0, 0.1) is 6.92 Å². The fourth-order valence-electron chi connectivity index (χ4n) is 1.91. The molecule has 0 aliphatic heterocycles. The summed E-state index contributed by atoms with van der Waals surface area (Å²) in [6, 6.07) is 3.74. The van der Waals surface area contributed by atoms with Crippen molar-refractivity contribution in [1.82, 2.24) is 14.8 Å². The Morgan fingerprint density at radius 3 is 2.75 bits per heavy atom. The van der Waals surface area contributed by atoms with Gasteiger partial charge in [-0.2, -0.15) is 5.10 Å². The van der Waals surface area contributed by atoms with Gasteiger partial charge in [-0.05, 0) is 53.9 Å². The molecule has 6 heteroatoms. The second-order valence-electron chi connectivity index (χ2n) is 4.46. The van der Waals surface area contributed by atoms with E-state index in [1.54, 1.807) is 10.9 Å². The average Bonchev–Trinajstić information content (AvgIpc) is 2.85. The molecule has 0 bridgehead atoms. The lowest BCUT2D eigenvalue weighted by atomic mass is 10.2. The molecule has 1 N–H and O–H groups in total. The number of nitrogens with one attached hydrogen (secondary N) is 1. The van der Waals surface area contributed by atoms with Crippen molar-refractivity contribution in [2.24, 2.45) is 0 Å². The van der Waals surface area contributed by atoms with Gasteiger partial charge < -0.3 is 5.32 Å². The van der Waals surface area contributed by atoms with E-state index in [1.807, 2.05) is 32.9 Å². The van der Waals surface area contributed by atoms with Crippen LogP contribution in [0.25, 0.3) is 0 Å². The van der Waals surface area contributed by atoms with E-state index in [4.69, 9.17) is 0 Å². The number of rotatable bonds is 4. The fraction of sp³-hybridized carbons (Fsp3) is 0.357. The third-order valence-corrected chi connectivity index (χ3v) is 3.44. The highest BCUT2D eigenvalue weighted by atomic mass is 79.9. The average molecular weight is 337 g/mol. The van der Waals surface area contributed by atoms with E-state index in [2.05, 4.69) is 31.3 Å². The van der Waals surface area contributed by atoms with Gasteiger partial charge in [0.25, 0.3) is 5.91 Å². The molecular formula is C14H17BrN4O. The van der Waals surface area contributed by atoms with Gasteiger partial charge in [0.15, 0.2) is 0 Å². The Hall–Kier alpha value is -1.69. The SMILES string of the molecule is CCc1cc(C(=O)Nc2ncc(Br)cc2C)n(CC)n1. The number of aryl methyl sites for hydroxylation is 3. The molecule has 0 saturated carbocycles. The van der Waals surface area contributed by atoms with Crippen LogP contribution >= 0.6 is 15.9 Å². The maximum atomic E-state index is 12.3. The molecular weight excluding hydrogens is 320 g/mol. The van der Waals surface area contributed by atoms with Crippen molar-refractivity contribution in [2.75, 3.05) is 5.32 Å². The van der Waals surface area contributed by atoms with E-state index in [9.17, 15) is 4.79 Å². The topological polar surface area (TPSA) is 59.8 Å². The Bertz CT molecular complexity index is 636. The van der Waals surface area contributed by atoms with Crippen molar-refractivity contribution in [1.29, 1.82) is 0 Å². The predicted octanol–water partition coefficient (Wildman–Crippen LogP) is 3.18. The Labute approximate surface area is 126 Å². The molecule has 2 rings (SSSR count). The number of anilines is 1. The number of amides is 1. The van der Waals surface area contributed by atoms with E-state index >= 15 is 0 Å². The Balaban J connectivity index is 2.25. The first-order valence-electron chi connectivity index (χ1n) is 6.55. The fourth-order valence-corrected chi connectivity index (χ4v) is 2.36. The smallest absolute Gasteiger partial charge is 0.275 e. The summed E-state index contributed by atoms with van der Waals surface area (Å²) in [5.41, 5.74) is 2.39. The summed E-state index contributed by atoms with van der Waals surface area (Å²) >= 11 is 3.35.